The number of ether oxygens (including phenoxy) is 1. The number of nitrogens with two attached hydrogens (primary N) is 1. The molecule has 0 aliphatic carbocycles. The second-order valence-corrected chi connectivity index (χ2v) is 17.1. The highest BCUT2D eigenvalue weighted by Gasteiger charge is 2.39. The van der Waals surface area contributed by atoms with Gasteiger partial charge >= 0.3 is 6.09 Å². The van der Waals surface area contributed by atoms with Crippen LogP contribution in [0.25, 0.3) is 0 Å². The Morgan fingerprint density at radius 3 is 1.71 bits per heavy atom. The lowest BCUT2D eigenvalue weighted by atomic mass is 9.95. The maximum atomic E-state index is 13.5. The fraction of sp³-hybridized carbons (Fsp3) is 0.419. The van der Waals surface area contributed by atoms with Gasteiger partial charge in [-0.05, 0) is 115 Å². The Bertz CT molecular complexity index is 2100. The van der Waals surface area contributed by atoms with Crippen LogP contribution >= 0.6 is 22.7 Å². The number of amides is 5. The molecule has 4 N–H and O–H groups in total. The fourth-order valence-electron chi connectivity index (χ4n) is 7.60. The summed E-state index contributed by atoms with van der Waals surface area (Å²) in [6, 6.07) is 14.4. The number of carbonyl (C=O) groups excluding carboxylic acids is 5. The van der Waals surface area contributed by atoms with E-state index in [1.54, 1.807) is 65.1 Å². The lowest BCUT2D eigenvalue weighted by Crippen LogP contribution is -2.53. The molecule has 2 atom stereocenters. The number of benzene rings is 2. The Kier molecular flexibility index (Phi) is 13.7. The van der Waals surface area contributed by atoms with E-state index in [1.807, 2.05) is 75.0 Å². The number of aliphatic hydroxyl groups excluding tert-OH is 1. The Morgan fingerprint density at radius 2 is 1.28 bits per heavy atom. The summed E-state index contributed by atoms with van der Waals surface area (Å²) in [5, 5.41) is 18.3. The monoisotopic (exact) mass is 828 g/mol. The van der Waals surface area contributed by atoms with Crippen LogP contribution in [0, 0.1) is 0 Å². The molecule has 0 saturated carbocycles. The first-order valence-corrected chi connectivity index (χ1v) is 21.5. The zero-order chi connectivity index (χ0) is 41.6. The lowest BCUT2D eigenvalue weighted by Gasteiger charge is -2.37. The number of rotatable bonds is 7. The van der Waals surface area contributed by atoms with Crippen molar-refractivity contribution in [2.45, 2.75) is 97.0 Å². The SMILES string of the molecule is CC(C)(C)OC(=O)NC1Cc2cccc(N3CCCC3=O)c2N(Cc2ccsc2)C1=O.CCO.NC1Cc2cccc(N3CCCC3=O)c2N(Cc2ccsc2)C1=O. The van der Waals surface area contributed by atoms with Gasteiger partial charge in [0, 0.05) is 39.0 Å². The molecule has 2 fully saturated rings. The van der Waals surface area contributed by atoms with Crippen LogP contribution in [0.3, 0.4) is 0 Å². The Labute approximate surface area is 347 Å². The summed E-state index contributed by atoms with van der Waals surface area (Å²) in [5.41, 5.74) is 12.7. The average molecular weight is 829 g/mol. The first-order valence-electron chi connectivity index (χ1n) is 19.6. The van der Waals surface area contributed by atoms with Gasteiger partial charge in [-0.3, -0.25) is 19.2 Å². The van der Waals surface area contributed by atoms with Crippen molar-refractivity contribution in [1.82, 2.24) is 5.32 Å². The molecular formula is C43H52N6O7S2. The van der Waals surface area contributed by atoms with Crippen molar-refractivity contribution in [3.05, 3.63) is 92.3 Å². The normalized spacial score (nSPS) is 18.9. The van der Waals surface area contributed by atoms with Gasteiger partial charge in [-0.2, -0.15) is 22.7 Å². The number of alkyl carbamates (subject to hydrolysis) is 1. The van der Waals surface area contributed by atoms with Crippen LogP contribution in [0.4, 0.5) is 27.5 Å². The molecule has 13 nitrogen and oxygen atoms in total. The number of fused-ring (bicyclic) bond motifs is 2. The van der Waals surface area contributed by atoms with Gasteiger partial charge in [-0.1, -0.05) is 24.3 Å². The van der Waals surface area contributed by atoms with E-state index < -0.39 is 23.8 Å². The van der Waals surface area contributed by atoms with Crippen LogP contribution in [0.15, 0.2) is 70.1 Å². The molecule has 6 heterocycles. The number of hydrogen-bond donors (Lipinski definition) is 3. The molecule has 4 aliphatic rings. The molecule has 308 valence electrons. The van der Waals surface area contributed by atoms with Gasteiger partial charge in [0.2, 0.25) is 23.6 Å². The quantitative estimate of drug-likeness (QED) is 0.200. The predicted octanol–water partition coefficient (Wildman–Crippen LogP) is 6.15. The number of nitrogens with one attached hydrogen (secondary N) is 1. The third-order valence-electron chi connectivity index (χ3n) is 10.0. The van der Waals surface area contributed by atoms with Crippen LogP contribution in [-0.4, -0.2) is 72.2 Å². The molecule has 0 radical (unpaired) electrons. The highest BCUT2D eigenvalue weighted by atomic mass is 32.1. The lowest BCUT2D eigenvalue weighted by molar-refractivity contribution is -0.121. The minimum Gasteiger partial charge on any atom is -0.444 e. The van der Waals surface area contributed by atoms with E-state index in [0.717, 1.165) is 57.8 Å². The smallest absolute Gasteiger partial charge is 0.408 e. The number of para-hydroxylation sites is 2. The number of carbonyl (C=O) groups is 5. The number of thiophene rings is 2. The van der Waals surface area contributed by atoms with Crippen molar-refractivity contribution in [3.8, 4) is 0 Å². The molecule has 2 aromatic carbocycles. The molecule has 2 aromatic heterocycles. The van der Waals surface area contributed by atoms with Crippen molar-refractivity contribution >= 4 is 75.1 Å². The van der Waals surface area contributed by atoms with Gasteiger partial charge < -0.3 is 40.5 Å². The summed E-state index contributed by atoms with van der Waals surface area (Å²) < 4.78 is 5.36. The molecule has 58 heavy (non-hydrogen) atoms. The molecule has 15 heteroatoms. The highest BCUT2D eigenvalue weighted by molar-refractivity contribution is 7.08. The molecule has 5 amide bonds. The van der Waals surface area contributed by atoms with Gasteiger partial charge in [0.25, 0.3) is 0 Å². The first-order chi connectivity index (χ1) is 27.8. The van der Waals surface area contributed by atoms with Gasteiger partial charge in [-0.15, -0.1) is 0 Å². The van der Waals surface area contributed by atoms with Crippen molar-refractivity contribution in [1.29, 1.82) is 0 Å². The zero-order valence-electron chi connectivity index (χ0n) is 33.4. The summed E-state index contributed by atoms with van der Waals surface area (Å²) in [5.74, 6) is -0.0806. The van der Waals surface area contributed by atoms with Gasteiger partial charge in [0.15, 0.2) is 0 Å². The Morgan fingerprint density at radius 1 is 0.793 bits per heavy atom. The van der Waals surface area contributed by atoms with Crippen LogP contribution in [0.1, 0.15) is 75.6 Å². The standard InChI is InChI=1S/C23H27N3O4S.C18H19N3O2S.C2H6O/c1-23(2,3)30-22(29)24-17-12-16-6-4-7-18(25-10-5-8-19(25)27)20(16)26(21(17)28)13-15-9-11-31-14-15;19-14-9-13-3-1-4-15(20-7-2-5-16(20)22)17(13)21(18(14)23)10-12-6-8-24-11-12;1-2-3/h4,6-7,9,11,14,17H,5,8,10,12-13H2,1-3H3,(H,24,29);1,3-4,6,8,11,14H,2,5,7,9-10,19H2;3H,2H2,1H3. The molecule has 4 aliphatic heterocycles. The highest BCUT2D eigenvalue weighted by Crippen LogP contribution is 2.41. The Hall–Kier alpha value is -5.09. The van der Waals surface area contributed by atoms with E-state index in [0.29, 0.717) is 51.9 Å². The minimum atomic E-state index is -0.731. The number of anilines is 4. The van der Waals surface area contributed by atoms with Crippen molar-refractivity contribution in [2.75, 3.05) is 39.3 Å². The summed E-state index contributed by atoms with van der Waals surface area (Å²) in [6.45, 7) is 9.51. The summed E-state index contributed by atoms with van der Waals surface area (Å²) >= 11 is 3.17. The van der Waals surface area contributed by atoms with Crippen molar-refractivity contribution < 1.29 is 33.8 Å². The van der Waals surface area contributed by atoms with E-state index in [4.69, 9.17) is 15.6 Å². The number of hydrogen-bond acceptors (Lipinski definition) is 10. The molecule has 0 spiro atoms. The van der Waals surface area contributed by atoms with Crippen LogP contribution < -0.4 is 30.7 Å². The zero-order valence-corrected chi connectivity index (χ0v) is 35.1. The average Bonchev–Trinajstić information content (AvgIpc) is 4.02. The van der Waals surface area contributed by atoms with E-state index in [1.165, 1.54) is 0 Å². The molecular weight excluding hydrogens is 777 g/mol. The van der Waals surface area contributed by atoms with E-state index in [9.17, 15) is 24.0 Å². The Balaban J connectivity index is 0.000000188. The molecule has 2 saturated heterocycles. The van der Waals surface area contributed by atoms with Crippen molar-refractivity contribution in [2.24, 2.45) is 5.73 Å². The second-order valence-electron chi connectivity index (χ2n) is 15.5. The third-order valence-corrected chi connectivity index (χ3v) is 11.5. The number of aliphatic hydroxyl groups is 1. The predicted molar refractivity (Wildman–Crippen MR) is 228 cm³/mol. The largest absolute Gasteiger partial charge is 0.444 e. The number of nitrogens with zero attached hydrogens (tertiary/aromatic N) is 4. The maximum Gasteiger partial charge on any atom is 0.408 e. The summed E-state index contributed by atoms with van der Waals surface area (Å²) in [6.07, 6.45) is 3.01. The second kappa shape index (κ2) is 18.7. The van der Waals surface area contributed by atoms with Crippen LogP contribution in [0.5, 0.6) is 0 Å². The van der Waals surface area contributed by atoms with Gasteiger partial charge in [-0.25, -0.2) is 4.79 Å². The summed E-state index contributed by atoms with van der Waals surface area (Å²) in [7, 11) is 0. The third kappa shape index (κ3) is 9.77. The topological polar surface area (TPSA) is 166 Å². The summed E-state index contributed by atoms with van der Waals surface area (Å²) in [4.78, 5) is 70.4. The van der Waals surface area contributed by atoms with E-state index in [2.05, 4.69) is 5.32 Å². The maximum absolute atomic E-state index is 13.5. The molecule has 4 aromatic rings. The fourth-order valence-corrected chi connectivity index (χ4v) is 8.92. The minimum absolute atomic E-state index is 0.0744. The van der Waals surface area contributed by atoms with Gasteiger partial charge in [0.05, 0.1) is 41.9 Å². The molecule has 2 unspecified atom stereocenters. The molecule has 8 rings (SSSR count). The molecule has 0 bridgehead atoms. The van der Waals surface area contributed by atoms with E-state index >= 15 is 0 Å². The van der Waals surface area contributed by atoms with Crippen LogP contribution in [0.2, 0.25) is 0 Å². The van der Waals surface area contributed by atoms with Crippen LogP contribution in [-0.2, 0) is 49.8 Å². The van der Waals surface area contributed by atoms with E-state index in [-0.39, 0.29) is 30.2 Å². The van der Waals surface area contributed by atoms with Gasteiger partial charge in [0.1, 0.15) is 11.6 Å². The van der Waals surface area contributed by atoms with Crippen molar-refractivity contribution in [3.63, 3.8) is 0 Å². The first kappa shape index (κ1) is 42.5.